The van der Waals surface area contributed by atoms with Crippen LogP contribution in [0.15, 0.2) is 42.2 Å². The molecule has 8 heteroatoms. The third-order valence-corrected chi connectivity index (χ3v) is 6.42. The summed E-state index contributed by atoms with van der Waals surface area (Å²) < 4.78 is 27.2. The zero-order valence-corrected chi connectivity index (χ0v) is 18.1. The second-order valence-corrected chi connectivity index (χ2v) is 8.59. The zero-order valence-electron chi connectivity index (χ0n) is 16.3. The maximum Gasteiger partial charge on any atom is 1.00 e. The number of allylic oxidation sites excluding steroid dienone is 1. The summed E-state index contributed by atoms with van der Waals surface area (Å²) in [5.74, 6) is 3.38. The Labute approximate surface area is 178 Å². The quantitative estimate of drug-likeness (QED) is 0.252. The van der Waals surface area contributed by atoms with Crippen LogP contribution >= 0.6 is 7.82 Å². The Hall–Kier alpha value is -0.330. The molecule has 26 heavy (non-hydrogen) atoms. The second-order valence-electron chi connectivity index (χ2n) is 7.21. The topological polar surface area (TPSA) is 100.0 Å². The normalized spacial score (nSPS) is 30.6. The standard InChI is InChI=1S/C18H23O5P.H3N.Na.H/c19-24(20,23-17-4-2-1-3-5-17)22-12-21-11-18-15-7-13-6-14(9-15)10-16(18)8-13;;;/h1-5,11,13-16H,6-10,12H2,(H,19,20);1H3;;/q;;+1;-1. The molecule has 1 unspecified atom stereocenters. The molecule has 1 aromatic carbocycles. The van der Waals surface area contributed by atoms with Crippen molar-refractivity contribution in [1.82, 2.24) is 6.15 Å². The number of phosphoric ester groups is 1. The van der Waals surface area contributed by atoms with Gasteiger partial charge in [-0.2, -0.15) is 0 Å². The molecule has 4 aliphatic rings. The fourth-order valence-electron chi connectivity index (χ4n) is 4.79. The monoisotopic (exact) mass is 391 g/mol. The van der Waals surface area contributed by atoms with Crippen LogP contribution in [0.25, 0.3) is 0 Å². The molecule has 0 aliphatic heterocycles. The van der Waals surface area contributed by atoms with E-state index in [0.717, 1.165) is 11.8 Å². The van der Waals surface area contributed by atoms with E-state index in [0.29, 0.717) is 17.6 Å². The number of phosphoric acid groups is 1. The predicted octanol–water partition coefficient (Wildman–Crippen LogP) is 1.77. The Morgan fingerprint density at radius 1 is 1.08 bits per heavy atom. The minimum absolute atomic E-state index is 0. The summed E-state index contributed by atoms with van der Waals surface area (Å²) in [5, 5.41) is 0. The number of ether oxygens (including phenoxy) is 1. The van der Waals surface area contributed by atoms with E-state index >= 15 is 0 Å². The average molecular weight is 391 g/mol. The minimum Gasteiger partial charge on any atom is -1.00 e. The average Bonchev–Trinajstić information content (AvgIpc) is 2.53. The van der Waals surface area contributed by atoms with Crippen LogP contribution in [0.5, 0.6) is 5.75 Å². The molecule has 140 valence electrons. The molecular formula is C18H27NNaO5P. The van der Waals surface area contributed by atoms with E-state index in [2.05, 4.69) is 0 Å². The fourth-order valence-corrected chi connectivity index (χ4v) is 5.42. The van der Waals surface area contributed by atoms with E-state index < -0.39 is 7.82 Å². The van der Waals surface area contributed by atoms with E-state index in [1.165, 1.54) is 37.7 Å². The van der Waals surface area contributed by atoms with Gasteiger partial charge in [-0.3, -0.25) is 4.89 Å². The summed E-state index contributed by atoms with van der Waals surface area (Å²) in [6.07, 6.45) is 8.29. The zero-order chi connectivity index (χ0) is 16.6. The molecule has 0 aromatic heterocycles. The van der Waals surface area contributed by atoms with E-state index in [4.69, 9.17) is 13.8 Å². The van der Waals surface area contributed by atoms with Crippen LogP contribution in [0.2, 0.25) is 0 Å². The third kappa shape index (κ3) is 5.14. The molecule has 1 aromatic rings. The molecule has 5 rings (SSSR count). The predicted molar refractivity (Wildman–Crippen MR) is 95.2 cm³/mol. The molecule has 1 atom stereocenters. The number of hydrogen-bond acceptors (Lipinski definition) is 5. The smallest absolute Gasteiger partial charge is 1.00 e. The summed E-state index contributed by atoms with van der Waals surface area (Å²) in [7, 11) is -4.16. The minimum atomic E-state index is -4.16. The molecule has 0 amide bonds. The first-order valence-electron chi connectivity index (χ1n) is 8.62. The first kappa shape index (κ1) is 22.0. The number of benzene rings is 1. The van der Waals surface area contributed by atoms with Crippen molar-refractivity contribution in [2.45, 2.75) is 32.1 Å². The Morgan fingerprint density at radius 3 is 2.23 bits per heavy atom. The summed E-state index contributed by atoms with van der Waals surface area (Å²) in [6.45, 7) is -0.281. The molecule has 0 radical (unpaired) electrons. The number of para-hydroxylation sites is 1. The summed E-state index contributed by atoms with van der Waals surface area (Å²) in [4.78, 5) is 9.72. The van der Waals surface area contributed by atoms with Crippen LogP contribution in [0.1, 0.15) is 33.5 Å². The molecular weight excluding hydrogens is 364 g/mol. The molecule has 4 aliphatic carbocycles. The largest absolute Gasteiger partial charge is 1.00 e. The van der Waals surface area contributed by atoms with Crippen molar-refractivity contribution in [3.63, 3.8) is 0 Å². The van der Waals surface area contributed by atoms with Crippen LogP contribution in [-0.2, 0) is 13.8 Å². The van der Waals surface area contributed by atoms with Gasteiger partial charge in [0.05, 0.1) is 6.26 Å². The Bertz CT molecular complexity index is 645. The summed E-state index contributed by atoms with van der Waals surface area (Å²) in [5.41, 5.74) is 1.38. The van der Waals surface area contributed by atoms with E-state index in [1.54, 1.807) is 36.6 Å². The van der Waals surface area contributed by atoms with E-state index in [9.17, 15) is 9.46 Å². The molecule has 4 fully saturated rings. The van der Waals surface area contributed by atoms with Crippen molar-refractivity contribution in [1.29, 1.82) is 0 Å². The van der Waals surface area contributed by atoms with Crippen molar-refractivity contribution in [2.75, 3.05) is 6.79 Å². The van der Waals surface area contributed by atoms with Crippen molar-refractivity contribution in [3.8, 4) is 5.75 Å². The van der Waals surface area contributed by atoms with Crippen LogP contribution in [0, 0.1) is 23.7 Å². The molecule has 4 bridgehead atoms. The molecule has 0 heterocycles. The van der Waals surface area contributed by atoms with Crippen LogP contribution in [0.3, 0.4) is 0 Å². The van der Waals surface area contributed by atoms with Crippen LogP contribution in [-0.4, -0.2) is 11.7 Å². The Kier molecular flexibility index (Phi) is 7.81. The first-order chi connectivity index (χ1) is 11.6. The molecule has 4 N–H and O–H groups in total. The second kappa shape index (κ2) is 9.24. The maximum atomic E-state index is 11.9. The van der Waals surface area contributed by atoms with Gasteiger partial charge in [0.2, 0.25) is 6.79 Å². The Morgan fingerprint density at radius 2 is 1.65 bits per heavy atom. The van der Waals surface area contributed by atoms with Gasteiger partial charge in [0.15, 0.2) is 0 Å². The van der Waals surface area contributed by atoms with Crippen molar-refractivity contribution in [2.24, 2.45) is 23.7 Å². The maximum absolute atomic E-state index is 11.9. The van der Waals surface area contributed by atoms with Gasteiger partial charge in [-0.25, -0.2) is 9.09 Å². The van der Waals surface area contributed by atoms with Crippen molar-refractivity contribution in [3.05, 3.63) is 42.2 Å². The number of rotatable bonds is 6. The molecule has 0 saturated heterocycles. The molecule has 4 saturated carbocycles. The van der Waals surface area contributed by atoms with Gasteiger partial charge in [0, 0.05) is 0 Å². The van der Waals surface area contributed by atoms with Gasteiger partial charge in [0.25, 0.3) is 0 Å². The van der Waals surface area contributed by atoms with Gasteiger partial charge in [0.1, 0.15) is 5.75 Å². The van der Waals surface area contributed by atoms with Crippen LogP contribution in [0.4, 0.5) is 0 Å². The summed E-state index contributed by atoms with van der Waals surface area (Å²) in [6, 6.07) is 8.45. The van der Waals surface area contributed by atoms with Gasteiger partial charge < -0.3 is 16.8 Å². The fraction of sp³-hybridized carbons (Fsp3) is 0.556. The van der Waals surface area contributed by atoms with Gasteiger partial charge in [-0.15, -0.1) is 0 Å². The van der Waals surface area contributed by atoms with Crippen molar-refractivity contribution < 1.29 is 54.2 Å². The molecule has 0 spiro atoms. The molecule has 6 nitrogen and oxygen atoms in total. The first-order valence-corrected chi connectivity index (χ1v) is 10.1. The van der Waals surface area contributed by atoms with Crippen LogP contribution < -0.4 is 40.2 Å². The summed E-state index contributed by atoms with van der Waals surface area (Å²) >= 11 is 0. The number of hydrogen-bond donors (Lipinski definition) is 2. The van der Waals surface area contributed by atoms with Crippen molar-refractivity contribution >= 4 is 7.82 Å². The van der Waals surface area contributed by atoms with Gasteiger partial charge >= 0.3 is 37.4 Å². The van der Waals surface area contributed by atoms with E-state index in [-0.39, 0.29) is 43.9 Å². The SMILES string of the molecule is N.O=P(O)(OCOC=C1C2CC3CC(C2)CC1C3)Oc1ccccc1.[H-].[Na+]. The van der Waals surface area contributed by atoms with Gasteiger partial charge in [-0.05, 0) is 73.5 Å². The van der Waals surface area contributed by atoms with E-state index in [1.807, 2.05) is 0 Å². The third-order valence-electron chi connectivity index (χ3n) is 5.55. The van der Waals surface area contributed by atoms with Gasteiger partial charge in [-0.1, -0.05) is 18.2 Å². The Balaban J connectivity index is 0.00000121.